The van der Waals surface area contributed by atoms with E-state index in [-0.39, 0.29) is 11.7 Å². The van der Waals surface area contributed by atoms with Crippen LogP contribution in [0.15, 0.2) is 42.5 Å². The number of amides is 1. The molecular formula is C22H28FN3O3+2. The molecule has 1 saturated heterocycles. The minimum atomic E-state index is -0.214. The molecule has 0 aliphatic carbocycles. The van der Waals surface area contributed by atoms with Crippen molar-refractivity contribution in [3.63, 3.8) is 0 Å². The third-order valence-corrected chi connectivity index (χ3v) is 5.64. The Labute approximate surface area is 170 Å². The standard InChI is InChI=1S/C22H26FN3O3/c23-19-4-2-1-3-18(19)7-8-24-22(27)15-26-11-9-25(10-12-26)14-17-5-6-20-21(13-17)29-16-28-20/h1-6,13H,7-12,14-16H2,(H,24,27)/p+2. The Morgan fingerprint density at radius 3 is 2.59 bits per heavy atom. The van der Waals surface area contributed by atoms with E-state index in [1.54, 1.807) is 12.1 Å². The van der Waals surface area contributed by atoms with Crippen LogP contribution in [0.5, 0.6) is 11.5 Å². The molecule has 154 valence electrons. The summed E-state index contributed by atoms with van der Waals surface area (Å²) in [4.78, 5) is 15.0. The first kappa shape index (κ1) is 19.7. The van der Waals surface area contributed by atoms with Crippen LogP contribution in [-0.2, 0) is 17.8 Å². The zero-order valence-corrected chi connectivity index (χ0v) is 16.5. The maximum Gasteiger partial charge on any atom is 0.275 e. The summed E-state index contributed by atoms with van der Waals surface area (Å²) < 4.78 is 24.4. The lowest BCUT2D eigenvalue weighted by atomic mass is 10.1. The van der Waals surface area contributed by atoms with Gasteiger partial charge in [-0.05, 0) is 36.2 Å². The predicted molar refractivity (Wildman–Crippen MR) is 106 cm³/mol. The topological polar surface area (TPSA) is 56.4 Å². The molecule has 0 atom stereocenters. The number of carbonyl (C=O) groups is 1. The molecule has 2 aliphatic heterocycles. The van der Waals surface area contributed by atoms with Gasteiger partial charge in [-0.25, -0.2) is 4.39 Å². The Kier molecular flexibility index (Phi) is 6.27. The normalized spacial score (nSPS) is 20.4. The number of hydrogen-bond acceptors (Lipinski definition) is 3. The molecule has 6 nitrogen and oxygen atoms in total. The van der Waals surface area contributed by atoms with E-state index in [9.17, 15) is 9.18 Å². The summed E-state index contributed by atoms with van der Waals surface area (Å²) in [5.41, 5.74) is 1.89. The highest BCUT2D eigenvalue weighted by molar-refractivity contribution is 5.76. The van der Waals surface area contributed by atoms with Gasteiger partial charge in [0.2, 0.25) is 6.79 Å². The molecule has 2 aromatic rings. The third kappa shape index (κ3) is 5.25. The van der Waals surface area contributed by atoms with E-state index in [0.29, 0.717) is 31.9 Å². The fourth-order valence-electron chi connectivity index (χ4n) is 3.98. The van der Waals surface area contributed by atoms with E-state index < -0.39 is 0 Å². The van der Waals surface area contributed by atoms with Crippen LogP contribution in [-0.4, -0.2) is 52.0 Å². The van der Waals surface area contributed by atoms with Crippen LogP contribution < -0.4 is 24.6 Å². The van der Waals surface area contributed by atoms with Crippen LogP contribution >= 0.6 is 0 Å². The summed E-state index contributed by atoms with van der Waals surface area (Å²) in [5, 5.41) is 2.92. The number of nitrogens with one attached hydrogen (secondary N) is 3. The molecule has 0 radical (unpaired) electrons. The summed E-state index contributed by atoms with van der Waals surface area (Å²) in [6, 6.07) is 12.8. The molecule has 0 bridgehead atoms. The van der Waals surface area contributed by atoms with E-state index in [1.165, 1.54) is 21.4 Å². The molecule has 4 rings (SSSR count). The van der Waals surface area contributed by atoms with Crippen LogP contribution in [0.25, 0.3) is 0 Å². The van der Waals surface area contributed by atoms with Crippen molar-refractivity contribution in [3.05, 3.63) is 59.4 Å². The monoisotopic (exact) mass is 401 g/mol. The third-order valence-electron chi connectivity index (χ3n) is 5.64. The van der Waals surface area contributed by atoms with Gasteiger partial charge in [-0.2, -0.15) is 0 Å². The number of piperazine rings is 1. The lowest BCUT2D eigenvalue weighted by Gasteiger charge is -2.29. The maximum atomic E-state index is 13.6. The Balaban J connectivity index is 1.16. The Morgan fingerprint density at radius 1 is 1.00 bits per heavy atom. The molecule has 2 aromatic carbocycles. The molecule has 3 N–H and O–H groups in total. The second-order valence-corrected chi connectivity index (χ2v) is 7.73. The molecule has 29 heavy (non-hydrogen) atoms. The van der Waals surface area contributed by atoms with E-state index in [1.807, 2.05) is 12.1 Å². The molecule has 0 saturated carbocycles. The second-order valence-electron chi connectivity index (χ2n) is 7.73. The minimum absolute atomic E-state index is 0.0376. The van der Waals surface area contributed by atoms with Crippen LogP contribution in [0.3, 0.4) is 0 Å². The van der Waals surface area contributed by atoms with Crippen LogP contribution in [0.2, 0.25) is 0 Å². The highest BCUT2D eigenvalue weighted by atomic mass is 19.1. The van der Waals surface area contributed by atoms with Gasteiger partial charge in [-0.3, -0.25) is 4.79 Å². The van der Waals surface area contributed by atoms with Crippen molar-refractivity contribution in [1.29, 1.82) is 0 Å². The lowest BCUT2D eigenvalue weighted by molar-refractivity contribution is -1.02. The van der Waals surface area contributed by atoms with Crippen molar-refractivity contribution in [1.82, 2.24) is 5.32 Å². The van der Waals surface area contributed by atoms with Crippen molar-refractivity contribution >= 4 is 5.91 Å². The molecule has 0 aromatic heterocycles. The number of benzene rings is 2. The molecule has 2 aliphatic rings. The quantitative estimate of drug-likeness (QED) is 0.569. The number of carbonyl (C=O) groups excluding carboxylic acids is 1. The van der Waals surface area contributed by atoms with Gasteiger partial charge in [0, 0.05) is 12.1 Å². The molecular weight excluding hydrogens is 373 g/mol. The Morgan fingerprint density at radius 2 is 1.76 bits per heavy atom. The van der Waals surface area contributed by atoms with Crippen molar-refractivity contribution in [2.24, 2.45) is 0 Å². The van der Waals surface area contributed by atoms with Crippen molar-refractivity contribution in [3.8, 4) is 11.5 Å². The lowest BCUT2D eigenvalue weighted by Crippen LogP contribution is -3.28. The van der Waals surface area contributed by atoms with Gasteiger partial charge in [-0.1, -0.05) is 18.2 Å². The van der Waals surface area contributed by atoms with Gasteiger partial charge in [0.15, 0.2) is 18.0 Å². The first-order valence-corrected chi connectivity index (χ1v) is 10.2. The maximum absolute atomic E-state index is 13.6. The Hall–Kier alpha value is -2.64. The number of ether oxygens (including phenoxy) is 2. The van der Waals surface area contributed by atoms with E-state index in [2.05, 4.69) is 17.4 Å². The van der Waals surface area contributed by atoms with Crippen LogP contribution in [0.4, 0.5) is 4.39 Å². The van der Waals surface area contributed by atoms with Crippen molar-refractivity contribution in [2.75, 3.05) is 46.1 Å². The second kappa shape index (κ2) is 9.24. The number of rotatable bonds is 7. The minimum Gasteiger partial charge on any atom is -0.454 e. The highest BCUT2D eigenvalue weighted by Gasteiger charge is 2.25. The molecule has 1 amide bonds. The fourth-order valence-corrected chi connectivity index (χ4v) is 3.98. The summed E-state index contributed by atoms with van der Waals surface area (Å²) in [5.74, 6) is 1.47. The SMILES string of the molecule is O=C(C[NH+]1CC[NH+](Cc2ccc3c(c2)OCO3)CC1)NCCc1ccccc1F. The molecule has 0 spiro atoms. The average molecular weight is 401 g/mol. The zero-order chi connectivity index (χ0) is 20.1. The summed E-state index contributed by atoms with van der Waals surface area (Å²) in [6.45, 7) is 6.22. The summed E-state index contributed by atoms with van der Waals surface area (Å²) in [6.07, 6.45) is 0.515. The van der Waals surface area contributed by atoms with E-state index in [0.717, 1.165) is 44.2 Å². The number of quaternary nitrogens is 2. The molecule has 7 heteroatoms. The number of fused-ring (bicyclic) bond motifs is 1. The summed E-state index contributed by atoms with van der Waals surface area (Å²) in [7, 11) is 0. The molecule has 2 heterocycles. The van der Waals surface area contributed by atoms with Gasteiger partial charge < -0.3 is 24.6 Å². The van der Waals surface area contributed by atoms with Gasteiger partial charge in [0.25, 0.3) is 5.91 Å². The molecule has 0 unspecified atom stereocenters. The first-order valence-electron chi connectivity index (χ1n) is 10.2. The highest BCUT2D eigenvalue weighted by Crippen LogP contribution is 2.32. The average Bonchev–Trinajstić information content (AvgIpc) is 3.19. The van der Waals surface area contributed by atoms with E-state index >= 15 is 0 Å². The summed E-state index contributed by atoms with van der Waals surface area (Å²) >= 11 is 0. The smallest absolute Gasteiger partial charge is 0.275 e. The van der Waals surface area contributed by atoms with Crippen LogP contribution in [0, 0.1) is 5.82 Å². The van der Waals surface area contributed by atoms with Crippen molar-refractivity contribution in [2.45, 2.75) is 13.0 Å². The predicted octanol–water partition coefficient (Wildman–Crippen LogP) is -0.803. The van der Waals surface area contributed by atoms with Gasteiger partial charge in [-0.15, -0.1) is 0 Å². The van der Waals surface area contributed by atoms with Crippen LogP contribution in [0.1, 0.15) is 11.1 Å². The zero-order valence-electron chi connectivity index (χ0n) is 16.5. The largest absolute Gasteiger partial charge is 0.454 e. The van der Waals surface area contributed by atoms with Crippen molar-refractivity contribution < 1.29 is 28.5 Å². The van der Waals surface area contributed by atoms with Gasteiger partial charge in [0.1, 0.15) is 38.5 Å². The Bertz CT molecular complexity index is 853. The fraction of sp³-hybridized carbons (Fsp3) is 0.409. The van der Waals surface area contributed by atoms with Gasteiger partial charge >= 0.3 is 0 Å². The van der Waals surface area contributed by atoms with Gasteiger partial charge in [0.05, 0.1) is 0 Å². The number of hydrogen-bond donors (Lipinski definition) is 3. The number of halogens is 1. The van der Waals surface area contributed by atoms with E-state index in [4.69, 9.17) is 9.47 Å². The molecule has 1 fully saturated rings. The first-order chi connectivity index (χ1) is 14.2.